The minimum Gasteiger partial charge on any atom is -0.386 e. The van der Waals surface area contributed by atoms with E-state index in [0.717, 1.165) is 6.42 Å². The lowest BCUT2D eigenvalue weighted by Crippen LogP contribution is -2.63. The van der Waals surface area contributed by atoms with Crippen LogP contribution in [0.25, 0.3) is 0 Å². The first-order valence-corrected chi connectivity index (χ1v) is 5.50. The molecule has 1 saturated heterocycles. The number of rotatable bonds is 3. The van der Waals surface area contributed by atoms with Gasteiger partial charge in [-0.2, -0.15) is 11.8 Å². The monoisotopic (exact) mass is 189 g/mol. The van der Waals surface area contributed by atoms with Crippen LogP contribution in [0.4, 0.5) is 0 Å². The fourth-order valence-electron chi connectivity index (χ4n) is 1.28. The van der Waals surface area contributed by atoms with E-state index in [1.807, 2.05) is 13.2 Å². The molecule has 1 rings (SSSR count). The molecule has 1 aliphatic rings. The summed E-state index contributed by atoms with van der Waals surface area (Å²) in [6, 6.07) is 0. The largest absolute Gasteiger partial charge is 0.386 e. The van der Waals surface area contributed by atoms with E-state index < -0.39 is 5.60 Å². The van der Waals surface area contributed by atoms with Gasteiger partial charge in [-0.05, 0) is 12.7 Å². The summed E-state index contributed by atoms with van der Waals surface area (Å²) < 4.78 is 0. The van der Waals surface area contributed by atoms with Gasteiger partial charge in [0.2, 0.25) is 5.91 Å². The van der Waals surface area contributed by atoms with E-state index >= 15 is 0 Å². The Kier molecular flexibility index (Phi) is 3.01. The third-order valence-electron chi connectivity index (χ3n) is 2.25. The smallest absolute Gasteiger partial charge is 0.232 e. The summed E-state index contributed by atoms with van der Waals surface area (Å²) in [6.45, 7) is 2.97. The number of amides is 1. The van der Waals surface area contributed by atoms with Crippen LogP contribution in [0.2, 0.25) is 0 Å². The average Bonchev–Trinajstić information content (AvgIpc) is 1.99. The van der Waals surface area contributed by atoms with E-state index in [9.17, 15) is 9.90 Å². The summed E-state index contributed by atoms with van der Waals surface area (Å²) in [7, 11) is 0. The van der Waals surface area contributed by atoms with Crippen LogP contribution in [0.15, 0.2) is 0 Å². The van der Waals surface area contributed by atoms with Crippen molar-refractivity contribution >= 4 is 17.7 Å². The fourth-order valence-corrected chi connectivity index (χ4v) is 1.71. The molecule has 0 bridgehead atoms. The van der Waals surface area contributed by atoms with Crippen molar-refractivity contribution < 1.29 is 9.90 Å². The zero-order valence-electron chi connectivity index (χ0n) is 7.54. The van der Waals surface area contributed by atoms with Gasteiger partial charge in [0, 0.05) is 0 Å². The lowest BCUT2D eigenvalue weighted by molar-refractivity contribution is -0.152. The van der Waals surface area contributed by atoms with Crippen LogP contribution in [-0.2, 0) is 4.79 Å². The Labute approximate surface area is 77.1 Å². The third-order valence-corrected chi connectivity index (χ3v) is 2.78. The topological polar surface area (TPSA) is 40.5 Å². The van der Waals surface area contributed by atoms with Crippen molar-refractivity contribution in [1.82, 2.24) is 4.90 Å². The van der Waals surface area contributed by atoms with Crippen molar-refractivity contribution in [1.29, 1.82) is 0 Å². The molecular formula is C8H15NO2S. The molecule has 0 radical (unpaired) electrons. The third kappa shape index (κ3) is 1.93. The van der Waals surface area contributed by atoms with Gasteiger partial charge in [0.25, 0.3) is 0 Å². The summed E-state index contributed by atoms with van der Waals surface area (Å²) in [6.07, 6.45) is 2.64. The van der Waals surface area contributed by atoms with Crippen molar-refractivity contribution in [3.05, 3.63) is 0 Å². The Bertz CT molecular complexity index is 178. The number of hydrogen-bond donors (Lipinski definition) is 1. The van der Waals surface area contributed by atoms with Crippen LogP contribution in [0, 0.1) is 0 Å². The highest BCUT2D eigenvalue weighted by atomic mass is 32.2. The van der Waals surface area contributed by atoms with Gasteiger partial charge >= 0.3 is 0 Å². The van der Waals surface area contributed by atoms with Crippen molar-refractivity contribution in [2.45, 2.75) is 18.9 Å². The van der Waals surface area contributed by atoms with Crippen molar-refractivity contribution in [2.24, 2.45) is 0 Å². The summed E-state index contributed by atoms with van der Waals surface area (Å²) in [4.78, 5) is 12.9. The lowest BCUT2D eigenvalue weighted by atomic mass is 9.91. The number of carbonyl (C=O) groups is 1. The second-order valence-corrected chi connectivity index (χ2v) is 4.13. The first-order chi connectivity index (χ1) is 5.61. The van der Waals surface area contributed by atoms with Crippen LogP contribution >= 0.6 is 11.8 Å². The van der Waals surface area contributed by atoms with E-state index in [1.165, 1.54) is 11.8 Å². The Morgan fingerprint density at radius 1 is 1.67 bits per heavy atom. The number of likely N-dealkylation sites (tertiary alicyclic amines) is 1. The number of β-amino-alcohol motifs (C(OH)–C–C–N with tert-alkyl or cyclic N) is 1. The molecule has 0 saturated carbocycles. The highest BCUT2D eigenvalue weighted by molar-refractivity contribution is 7.99. The molecule has 1 fully saturated rings. The molecule has 1 aliphatic heterocycles. The molecule has 12 heavy (non-hydrogen) atoms. The Morgan fingerprint density at radius 2 is 2.25 bits per heavy atom. The van der Waals surface area contributed by atoms with Gasteiger partial charge in [-0.15, -0.1) is 0 Å². The zero-order valence-corrected chi connectivity index (χ0v) is 8.36. The molecular weight excluding hydrogens is 174 g/mol. The Hall–Kier alpha value is -0.220. The van der Waals surface area contributed by atoms with Crippen molar-refractivity contribution in [3.63, 3.8) is 0 Å². The molecule has 0 aromatic rings. The van der Waals surface area contributed by atoms with Gasteiger partial charge in [-0.25, -0.2) is 0 Å². The van der Waals surface area contributed by atoms with Gasteiger partial charge in [-0.1, -0.05) is 6.92 Å². The van der Waals surface area contributed by atoms with Gasteiger partial charge in [0.15, 0.2) is 0 Å². The van der Waals surface area contributed by atoms with E-state index in [2.05, 4.69) is 0 Å². The molecule has 0 aromatic carbocycles. The second kappa shape index (κ2) is 3.66. The molecule has 1 amide bonds. The van der Waals surface area contributed by atoms with E-state index in [4.69, 9.17) is 0 Å². The number of hydrogen-bond acceptors (Lipinski definition) is 3. The number of aliphatic hydroxyl groups is 1. The maximum atomic E-state index is 11.2. The normalized spacial score (nSPS) is 20.4. The van der Waals surface area contributed by atoms with E-state index in [0.29, 0.717) is 18.8 Å². The Morgan fingerprint density at radius 3 is 2.67 bits per heavy atom. The van der Waals surface area contributed by atoms with Crippen LogP contribution in [0.5, 0.6) is 0 Å². The van der Waals surface area contributed by atoms with Crippen molar-refractivity contribution in [2.75, 3.05) is 25.1 Å². The van der Waals surface area contributed by atoms with Crippen LogP contribution in [0.1, 0.15) is 13.3 Å². The Balaban J connectivity index is 2.29. The number of nitrogens with zero attached hydrogens (tertiary/aromatic N) is 1. The number of thioether (sulfide) groups is 1. The van der Waals surface area contributed by atoms with E-state index in [1.54, 1.807) is 4.90 Å². The minimum atomic E-state index is -0.589. The maximum absolute atomic E-state index is 11.2. The zero-order chi connectivity index (χ0) is 9.19. The fraction of sp³-hybridized carbons (Fsp3) is 0.875. The van der Waals surface area contributed by atoms with Gasteiger partial charge in [0.05, 0.1) is 24.4 Å². The lowest BCUT2D eigenvalue weighted by Gasteiger charge is -2.46. The molecule has 1 heterocycles. The van der Waals surface area contributed by atoms with E-state index in [-0.39, 0.29) is 5.91 Å². The molecule has 1 N–H and O–H groups in total. The highest BCUT2D eigenvalue weighted by Crippen LogP contribution is 2.24. The first kappa shape index (κ1) is 9.86. The van der Waals surface area contributed by atoms with Crippen LogP contribution < -0.4 is 0 Å². The second-order valence-electron chi connectivity index (χ2n) is 3.26. The summed E-state index contributed by atoms with van der Waals surface area (Å²) in [5.41, 5.74) is -0.589. The molecule has 3 nitrogen and oxygen atoms in total. The SMILES string of the molecule is CCC1(O)CN(C(=O)CSC)C1. The molecule has 0 spiro atoms. The number of carbonyl (C=O) groups excluding carboxylic acids is 1. The molecule has 0 aromatic heterocycles. The predicted molar refractivity (Wildman–Crippen MR) is 50.2 cm³/mol. The van der Waals surface area contributed by atoms with Crippen LogP contribution in [-0.4, -0.2) is 46.6 Å². The molecule has 0 aliphatic carbocycles. The highest BCUT2D eigenvalue weighted by Gasteiger charge is 2.41. The quantitative estimate of drug-likeness (QED) is 0.695. The molecule has 0 atom stereocenters. The van der Waals surface area contributed by atoms with Crippen LogP contribution in [0.3, 0.4) is 0 Å². The van der Waals surface area contributed by atoms with Crippen molar-refractivity contribution in [3.8, 4) is 0 Å². The summed E-state index contributed by atoms with van der Waals surface area (Å²) in [5.74, 6) is 0.667. The molecule has 70 valence electrons. The van der Waals surface area contributed by atoms with Gasteiger partial charge < -0.3 is 10.0 Å². The molecule has 4 heteroatoms. The van der Waals surface area contributed by atoms with Gasteiger partial charge in [-0.3, -0.25) is 4.79 Å². The average molecular weight is 189 g/mol. The standard InChI is InChI=1S/C8H15NO2S/c1-3-8(11)5-9(6-8)7(10)4-12-2/h11H,3-6H2,1-2H3. The maximum Gasteiger partial charge on any atom is 0.232 e. The summed E-state index contributed by atoms with van der Waals surface area (Å²) in [5, 5.41) is 9.61. The summed E-state index contributed by atoms with van der Waals surface area (Å²) >= 11 is 1.52. The van der Waals surface area contributed by atoms with Gasteiger partial charge in [0.1, 0.15) is 0 Å². The first-order valence-electron chi connectivity index (χ1n) is 4.10. The predicted octanol–water partition coefficient (Wildman–Crippen LogP) is 0.333. The molecule has 0 unspecified atom stereocenters. The minimum absolute atomic E-state index is 0.139.